The first kappa shape index (κ1) is 16.3. The molecule has 2 heterocycles. The van der Waals surface area contributed by atoms with E-state index in [1.54, 1.807) is 17.0 Å². The van der Waals surface area contributed by atoms with E-state index in [2.05, 4.69) is 5.16 Å². The number of carbonyl (C=O) groups is 1. The molecule has 5 nitrogen and oxygen atoms in total. The Morgan fingerprint density at radius 1 is 1.15 bits per heavy atom. The number of carbonyl (C=O) groups excluding carboxylic acids is 1. The molecule has 0 N–H and O–H groups in total. The number of halogens is 2. The molecule has 1 aliphatic rings. The summed E-state index contributed by atoms with van der Waals surface area (Å²) < 4.78 is 37.4. The Morgan fingerprint density at radius 3 is 2.77 bits per heavy atom. The lowest BCUT2D eigenvalue weighted by molar-refractivity contribution is 0.0952. The summed E-state index contributed by atoms with van der Waals surface area (Å²) in [6.45, 7) is 2.23. The van der Waals surface area contributed by atoms with Crippen LogP contribution >= 0.6 is 0 Å². The highest BCUT2D eigenvalue weighted by Crippen LogP contribution is 2.34. The topological polar surface area (TPSA) is 55.6 Å². The van der Waals surface area contributed by atoms with Crippen LogP contribution in [0.15, 0.2) is 53.1 Å². The van der Waals surface area contributed by atoms with Crippen LogP contribution in [0.5, 0.6) is 5.75 Å². The van der Waals surface area contributed by atoms with Gasteiger partial charge in [-0.15, -0.1) is 0 Å². The molecule has 0 bridgehead atoms. The van der Waals surface area contributed by atoms with Crippen molar-refractivity contribution < 1.29 is 22.8 Å². The zero-order valence-electron chi connectivity index (χ0n) is 13.8. The quantitative estimate of drug-likeness (QED) is 0.695. The molecule has 1 atom stereocenters. The monoisotopic (exact) mass is 356 g/mol. The molecule has 0 fully saturated rings. The number of hydrogen-bond donors (Lipinski definition) is 0. The van der Waals surface area contributed by atoms with Crippen molar-refractivity contribution in [2.24, 2.45) is 0 Å². The number of rotatable bonds is 2. The number of benzene rings is 2. The van der Waals surface area contributed by atoms with Crippen LogP contribution in [0.3, 0.4) is 0 Å². The standard InChI is InChI=1S/C19H14F2N2O3/c1-11-10-23(16-4-2-3-5-17(16)25-11)19(24)15-9-18(26-22-15)12-6-7-13(20)14(21)8-12/h2-9,11H,10H2,1H3. The van der Waals surface area contributed by atoms with Crippen molar-refractivity contribution in [2.75, 3.05) is 11.4 Å². The number of nitrogens with zero attached hydrogens (tertiary/aromatic N) is 2. The van der Waals surface area contributed by atoms with Crippen molar-refractivity contribution in [1.82, 2.24) is 5.16 Å². The minimum atomic E-state index is -0.997. The molecule has 0 saturated carbocycles. The minimum Gasteiger partial charge on any atom is -0.487 e. The van der Waals surface area contributed by atoms with Gasteiger partial charge in [0.1, 0.15) is 11.9 Å². The van der Waals surface area contributed by atoms with Crippen LogP contribution in [0, 0.1) is 11.6 Å². The van der Waals surface area contributed by atoms with E-state index in [1.165, 1.54) is 12.1 Å². The fourth-order valence-corrected chi connectivity index (χ4v) is 2.88. The molecule has 1 unspecified atom stereocenters. The van der Waals surface area contributed by atoms with Gasteiger partial charge in [-0.1, -0.05) is 17.3 Å². The number of para-hydroxylation sites is 2. The fraction of sp³-hybridized carbons (Fsp3) is 0.158. The van der Waals surface area contributed by atoms with Crippen LogP contribution in [0.1, 0.15) is 17.4 Å². The Morgan fingerprint density at radius 2 is 1.96 bits per heavy atom. The highest BCUT2D eigenvalue weighted by Gasteiger charge is 2.30. The zero-order chi connectivity index (χ0) is 18.3. The number of amides is 1. The first-order chi connectivity index (χ1) is 12.5. The van der Waals surface area contributed by atoms with Gasteiger partial charge in [0.2, 0.25) is 0 Å². The van der Waals surface area contributed by atoms with Crippen LogP contribution < -0.4 is 9.64 Å². The van der Waals surface area contributed by atoms with Gasteiger partial charge in [0, 0.05) is 11.6 Å². The lowest BCUT2D eigenvalue weighted by Gasteiger charge is -2.32. The summed E-state index contributed by atoms with van der Waals surface area (Å²) in [7, 11) is 0. The molecule has 3 aromatic rings. The van der Waals surface area contributed by atoms with E-state index in [1.807, 2.05) is 19.1 Å². The largest absolute Gasteiger partial charge is 0.487 e. The molecule has 0 aliphatic carbocycles. The molecule has 1 aliphatic heterocycles. The molecule has 2 aromatic carbocycles. The van der Waals surface area contributed by atoms with Gasteiger partial charge in [0.15, 0.2) is 23.1 Å². The highest BCUT2D eigenvalue weighted by atomic mass is 19.2. The Hall–Kier alpha value is -3.22. The molecular formula is C19H14F2N2O3. The summed E-state index contributed by atoms with van der Waals surface area (Å²) in [6, 6.07) is 12.0. The van der Waals surface area contributed by atoms with Crippen LogP contribution in [0.25, 0.3) is 11.3 Å². The van der Waals surface area contributed by atoms with Gasteiger partial charge in [-0.2, -0.15) is 0 Å². The van der Waals surface area contributed by atoms with E-state index >= 15 is 0 Å². The third-order valence-corrected chi connectivity index (χ3v) is 4.10. The predicted octanol–water partition coefficient (Wildman–Crippen LogP) is 4.05. The Bertz CT molecular complexity index is 986. The van der Waals surface area contributed by atoms with E-state index in [0.29, 0.717) is 23.5 Å². The van der Waals surface area contributed by atoms with Gasteiger partial charge in [-0.3, -0.25) is 9.69 Å². The SMILES string of the molecule is CC1CN(C(=O)c2cc(-c3ccc(F)c(F)c3)on2)c2ccccc2O1. The van der Waals surface area contributed by atoms with E-state index in [0.717, 1.165) is 12.1 Å². The van der Waals surface area contributed by atoms with E-state index in [9.17, 15) is 13.6 Å². The number of aromatic nitrogens is 1. The Kier molecular flexibility index (Phi) is 3.91. The molecule has 0 saturated heterocycles. The molecule has 7 heteroatoms. The first-order valence-electron chi connectivity index (χ1n) is 8.02. The van der Waals surface area contributed by atoms with Crippen molar-refractivity contribution in [2.45, 2.75) is 13.0 Å². The van der Waals surface area contributed by atoms with Crippen molar-refractivity contribution in [3.8, 4) is 17.1 Å². The van der Waals surface area contributed by atoms with E-state index in [-0.39, 0.29) is 23.5 Å². The minimum absolute atomic E-state index is 0.0774. The van der Waals surface area contributed by atoms with Gasteiger partial charge in [0.05, 0.1) is 12.2 Å². The lowest BCUT2D eigenvalue weighted by atomic mass is 10.1. The van der Waals surface area contributed by atoms with Crippen LogP contribution in [-0.2, 0) is 0 Å². The van der Waals surface area contributed by atoms with Crippen LogP contribution in [-0.4, -0.2) is 23.7 Å². The average molecular weight is 356 g/mol. The third-order valence-electron chi connectivity index (χ3n) is 4.10. The van der Waals surface area contributed by atoms with Gasteiger partial charge in [-0.25, -0.2) is 8.78 Å². The summed E-state index contributed by atoms with van der Waals surface area (Å²) in [5, 5.41) is 3.79. The van der Waals surface area contributed by atoms with Crippen LogP contribution in [0.2, 0.25) is 0 Å². The summed E-state index contributed by atoms with van der Waals surface area (Å²) in [5.41, 5.74) is 1.02. The number of fused-ring (bicyclic) bond motifs is 1. The second-order valence-corrected chi connectivity index (χ2v) is 6.02. The first-order valence-corrected chi connectivity index (χ1v) is 8.02. The highest BCUT2D eigenvalue weighted by molar-refractivity contribution is 6.06. The zero-order valence-corrected chi connectivity index (χ0v) is 13.8. The van der Waals surface area contributed by atoms with Crippen LogP contribution in [0.4, 0.5) is 14.5 Å². The van der Waals surface area contributed by atoms with Crippen molar-refractivity contribution in [3.63, 3.8) is 0 Å². The lowest BCUT2D eigenvalue weighted by Crippen LogP contribution is -2.42. The molecule has 1 amide bonds. The fourth-order valence-electron chi connectivity index (χ4n) is 2.88. The van der Waals surface area contributed by atoms with Gasteiger partial charge < -0.3 is 9.26 Å². The smallest absolute Gasteiger partial charge is 0.280 e. The molecule has 0 radical (unpaired) electrons. The second kappa shape index (κ2) is 6.25. The molecule has 132 valence electrons. The van der Waals surface area contributed by atoms with Crippen molar-refractivity contribution >= 4 is 11.6 Å². The van der Waals surface area contributed by atoms with E-state index in [4.69, 9.17) is 9.26 Å². The van der Waals surface area contributed by atoms with Crippen molar-refractivity contribution in [1.29, 1.82) is 0 Å². The molecule has 0 spiro atoms. The Labute approximate surface area is 147 Å². The number of ether oxygens (including phenoxy) is 1. The summed E-state index contributed by atoms with van der Waals surface area (Å²) in [4.78, 5) is 14.5. The second-order valence-electron chi connectivity index (χ2n) is 6.02. The third kappa shape index (κ3) is 2.81. The van der Waals surface area contributed by atoms with Gasteiger partial charge >= 0.3 is 0 Å². The van der Waals surface area contributed by atoms with Gasteiger partial charge in [0.25, 0.3) is 5.91 Å². The summed E-state index contributed by atoms with van der Waals surface area (Å²) in [5.74, 6) is -1.51. The summed E-state index contributed by atoms with van der Waals surface area (Å²) in [6.07, 6.45) is -0.175. The summed E-state index contributed by atoms with van der Waals surface area (Å²) >= 11 is 0. The van der Waals surface area contributed by atoms with E-state index < -0.39 is 11.6 Å². The maximum atomic E-state index is 13.4. The number of anilines is 1. The Balaban J connectivity index is 1.66. The average Bonchev–Trinajstić information content (AvgIpc) is 3.13. The maximum Gasteiger partial charge on any atom is 0.280 e. The molecule has 4 rings (SSSR count). The van der Waals surface area contributed by atoms with Gasteiger partial charge in [-0.05, 0) is 37.3 Å². The molecular weight excluding hydrogens is 342 g/mol. The van der Waals surface area contributed by atoms with Crippen molar-refractivity contribution in [3.05, 3.63) is 65.9 Å². The molecule has 1 aromatic heterocycles. The predicted molar refractivity (Wildman–Crippen MR) is 90.1 cm³/mol. The maximum absolute atomic E-state index is 13.4. The molecule has 26 heavy (non-hydrogen) atoms. The number of hydrogen-bond acceptors (Lipinski definition) is 4. The normalized spacial score (nSPS) is 16.1.